The molecule has 0 aliphatic carbocycles. The SMILES string of the molecule is Fc1cccc(Nc2ncc3cc(Br)cc(OC4CNC4)c3n2)c1. The molecule has 1 aromatic heterocycles. The van der Waals surface area contributed by atoms with E-state index in [-0.39, 0.29) is 11.9 Å². The van der Waals surface area contributed by atoms with Gasteiger partial charge in [-0.25, -0.2) is 14.4 Å². The monoisotopic (exact) mass is 388 g/mol. The van der Waals surface area contributed by atoms with Crippen LogP contribution < -0.4 is 15.4 Å². The minimum Gasteiger partial charge on any atom is -0.485 e. The van der Waals surface area contributed by atoms with Gasteiger partial charge >= 0.3 is 0 Å². The fraction of sp³-hybridized carbons (Fsp3) is 0.176. The van der Waals surface area contributed by atoms with Crippen LogP contribution >= 0.6 is 15.9 Å². The van der Waals surface area contributed by atoms with Crippen molar-refractivity contribution in [3.63, 3.8) is 0 Å². The predicted molar refractivity (Wildman–Crippen MR) is 94.2 cm³/mol. The zero-order valence-electron chi connectivity index (χ0n) is 12.6. The van der Waals surface area contributed by atoms with Crippen molar-refractivity contribution in [2.75, 3.05) is 18.4 Å². The van der Waals surface area contributed by atoms with Gasteiger partial charge in [0.15, 0.2) is 0 Å². The Bertz CT molecular complexity index is 901. The average molecular weight is 389 g/mol. The molecule has 5 nitrogen and oxygen atoms in total. The highest BCUT2D eigenvalue weighted by atomic mass is 79.9. The highest BCUT2D eigenvalue weighted by Crippen LogP contribution is 2.30. The third-order valence-electron chi connectivity index (χ3n) is 3.73. The van der Waals surface area contributed by atoms with Crippen LogP contribution in [0.5, 0.6) is 5.75 Å². The Morgan fingerprint density at radius 1 is 1.25 bits per heavy atom. The third kappa shape index (κ3) is 3.18. The second-order valence-electron chi connectivity index (χ2n) is 5.57. The first kappa shape index (κ1) is 15.3. The highest BCUT2D eigenvalue weighted by molar-refractivity contribution is 9.10. The Kier molecular flexibility index (Phi) is 4.03. The number of hydrogen-bond acceptors (Lipinski definition) is 5. The van der Waals surface area contributed by atoms with E-state index in [1.807, 2.05) is 12.1 Å². The largest absolute Gasteiger partial charge is 0.485 e. The number of rotatable bonds is 4. The molecule has 0 spiro atoms. The lowest BCUT2D eigenvalue weighted by Gasteiger charge is -2.28. The summed E-state index contributed by atoms with van der Waals surface area (Å²) in [6.45, 7) is 1.65. The van der Waals surface area contributed by atoms with E-state index in [4.69, 9.17) is 4.74 Å². The van der Waals surface area contributed by atoms with Crippen molar-refractivity contribution in [1.82, 2.24) is 15.3 Å². The summed E-state index contributed by atoms with van der Waals surface area (Å²) in [7, 11) is 0. The van der Waals surface area contributed by atoms with Gasteiger partial charge in [0.2, 0.25) is 5.95 Å². The Balaban J connectivity index is 1.70. The molecule has 0 saturated carbocycles. The summed E-state index contributed by atoms with van der Waals surface area (Å²) in [5, 5.41) is 7.07. The van der Waals surface area contributed by atoms with Crippen LogP contribution in [0.4, 0.5) is 16.0 Å². The lowest BCUT2D eigenvalue weighted by molar-refractivity contribution is 0.144. The van der Waals surface area contributed by atoms with Gasteiger partial charge < -0.3 is 15.4 Å². The highest BCUT2D eigenvalue weighted by Gasteiger charge is 2.20. The van der Waals surface area contributed by atoms with Crippen LogP contribution in [-0.4, -0.2) is 29.2 Å². The minimum absolute atomic E-state index is 0.150. The van der Waals surface area contributed by atoms with Gasteiger partial charge in [-0.15, -0.1) is 0 Å². The minimum atomic E-state index is -0.314. The number of halogens is 2. The molecule has 4 rings (SSSR count). The van der Waals surface area contributed by atoms with Crippen molar-refractivity contribution in [3.8, 4) is 5.75 Å². The molecule has 1 aliphatic heterocycles. The van der Waals surface area contributed by atoms with Gasteiger partial charge in [-0.05, 0) is 30.3 Å². The fourth-order valence-electron chi connectivity index (χ4n) is 2.45. The number of benzene rings is 2. The first-order valence-corrected chi connectivity index (χ1v) is 8.33. The summed E-state index contributed by atoms with van der Waals surface area (Å²) in [5.74, 6) is 0.786. The summed E-state index contributed by atoms with van der Waals surface area (Å²) in [6.07, 6.45) is 1.87. The van der Waals surface area contributed by atoms with E-state index in [1.165, 1.54) is 12.1 Å². The van der Waals surface area contributed by atoms with Crippen molar-refractivity contribution in [2.45, 2.75) is 6.10 Å². The van der Waals surface area contributed by atoms with E-state index < -0.39 is 0 Å². The molecule has 24 heavy (non-hydrogen) atoms. The van der Waals surface area contributed by atoms with E-state index in [9.17, 15) is 4.39 Å². The van der Waals surface area contributed by atoms with Crippen molar-refractivity contribution < 1.29 is 9.13 Å². The van der Waals surface area contributed by atoms with E-state index >= 15 is 0 Å². The first-order chi connectivity index (χ1) is 11.7. The molecule has 1 aliphatic rings. The Labute approximate surface area is 146 Å². The molecule has 0 radical (unpaired) electrons. The van der Waals surface area contributed by atoms with Crippen molar-refractivity contribution in [3.05, 3.63) is 52.9 Å². The second kappa shape index (κ2) is 6.33. The number of aromatic nitrogens is 2. The Morgan fingerprint density at radius 3 is 2.88 bits per heavy atom. The summed E-state index contributed by atoms with van der Waals surface area (Å²) in [6, 6.07) is 10.0. The van der Waals surface area contributed by atoms with Gasteiger partial charge in [-0.3, -0.25) is 0 Å². The van der Waals surface area contributed by atoms with Crippen molar-refractivity contribution in [1.29, 1.82) is 0 Å². The molecule has 7 heteroatoms. The molecule has 122 valence electrons. The molecule has 1 saturated heterocycles. The number of anilines is 2. The number of hydrogen-bond donors (Lipinski definition) is 2. The molecule has 2 N–H and O–H groups in total. The molecule has 0 amide bonds. The third-order valence-corrected chi connectivity index (χ3v) is 4.19. The van der Waals surface area contributed by atoms with Gasteiger partial charge in [0.1, 0.15) is 23.2 Å². The van der Waals surface area contributed by atoms with Crippen LogP contribution in [0.3, 0.4) is 0 Å². The average Bonchev–Trinajstić information content (AvgIpc) is 2.51. The molecule has 2 heterocycles. The number of ether oxygens (including phenoxy) is 1. The van der Waals surface area contributed by atoms with E-state index in [2.05, 4.69) is 36.5 Å². The lowest BCUT2D eigenvalue weighted by atomic mass is 10.2. The van der Waals surface area contributed by atoms with Gasteiger partial charge in [-0.1, -0.05) is 22.0 Å². The number of fused-ring (bicyclic) bond motifs is 1. The molecule has 1 fully saturated rings. The summed E-state index contributed by atoms with van der Waals surface area (Å²) < 4.78 is 20.2. The van der Waals surface area contributed by atoms with E-state index in [0.29, 0.717) is 17.4 Å². The molecule has 0 atom stereocenters. The Morgan fingerprint density at radius 2 is 2.12 bits per heavy atom. The van der Waals surface area contributed by atoms with Gasteiger partial charge in [0.05, 0.1) is 0 Å². The molecular weight excluding hydrogens is 375 g/mol. The summed E-state index contributed by atoms with van der Waals surface area (Å²) >= 11 is 3.48. The van der Waals surface area contributed by atoms with Crippen LogP contribution in [0.25, 0.3) is 10.9 Å². The lowest BCUT2D eigenvalue weighted by Crippen LogP contribution is -2.50. The first-order valence-electron chi connectivity index (χ1n) is 7.54. The Hall–Kier alpha value is -2.25. The predicted octanol–water partition coefficient (Wildman–Crippen LogP) is 3.63. The topological polar surface area (TPSA) is 59.1 Å². The zero-order valence-corrected chi connectivity index (χ0v) is 14.2. The quantitative estimate of drug-likeness (QED) is 0.714. The maximum atomic E-state index is 13.3. The van der Waals surface area contributed by atoms with Crippen LogP contribution in [0.15, 0.2) is 47.1 Å². The standard InChI is InChI=1S/C17H14BrFN4O/c18-11-4-10-7-21-17(22-13-3-1-2-12(19)6-13)23-16(10)15(5-11)24-14-8-20-9-14/h1-7,14,20H,8-9H2,(H,21,22,23). The molecule has 2 aromatic carbocycles. The van der Waals surface area contributed by atoms with Crippen LogP contribution in [0.1, 0.15) is 0 Å². The van der Waals surface area contributed by atoms with E-state index in [0.717, 1.165) is 28.5 Å². The van der Waals surface area contributed by atoms with Gasteiger partial charge in [-0.2, -0.15) is 0 Å². The van der Waals surface area contributed by atoms with Crippen LogP contribution in [0.2, 0.25) is 0 Å². The molecular formula is C17H14BrFN4O. The second-order valence-corrected chi connectivity index (χ2v) is 6.48. The van der Waals surface area contributed by atoms with Gasteiger partial charge in [0, 0.05) is 34.8 Å². The summed E-state index contributed by atoms with van der Waals surface area (Å²) in [4.78, 5) is 8.84. The maximum Gasteiger partial charge on any atom is 0.227 e. The molecule has 3 aromatic rings. The summed E-state index contributed by atoms with van der Waals surface area (Å²) in [5.41, 5.74) is 1.32. The van der Waals surface area contributed by atoms with E-state index in [1.54, 1.807) is 18.3 Å². The zero-order chi connectivity index (χ0) is 16.5. The van der Waals surface area contributed by atoms with Crippen molar-refractivity contribution in [2.24, 2.45) is 0 Å². The van der Waals surface area contributed by atoms with Crippen LogP contribution in [-0.2, 0) is 0 Å². The molecule has 0 bridgehead atoms. The number of nitrogens with zero attached hydrogens (tertiary/aromatic N) is 2. The smallest absolute Gasteiger partial charge is 0.227 e. The fourth-order valence-corrected chi connectivity index (χ4v) is 2.90. The molecule has 0 unspecified atom stereocenters. The van der Waals surface area contributed by atoms with Crippen LogP contribution in [0, 0.1) is 5.82 Å². The van der Waals surface area contributed by atoms with Crippen molar-refractivity contribution >= 4 is 38.5 Å². The normalized spacial score (nSPS) is 14.4. The van der Waals surface area contributed by atoms with Gasteiger partial charge in [0.25, 0.3) is 0 Å². The maximum absolute atomic E-state index is 13.3. The number of nitrogens with one attached hydrogen (secondary N) is 2.